The number of carbonyl (C=O) groups is 1. The lowest BCUT2D eigenvalue weighted by Gasteiger charge is -2.39. The van der Waals surface area contributed by atoms with Crippen molar-refractivity contribution in [3.63, 3.8) is 0 Å². The van der Waals surface area contributed by atoms with Crippen LogP contribution in [0.15, 0.2) is 0 Å². The van der Waals surface area contributed by atoms with Crippen LogP contribution < -0.4 is 5.73 Å². The number of rotatable bonds is 5. The molecule has 2 fully saturated rings. The second-order valence-corrected chi connectivity index (χ2v) is 7.25. The molecule has 0 aromatic carbocycles. The van der Waals surface area contributed by atoms with Crippen molar-refractivity contribution >= 4 is 34.9 Å². The van der Waals surface area contributed by atoms with Gasteiger partial charge in [0.1, 0.15) is 0 Å². The molecular formula is C14H25N3OS2. The highest BCUT2D eigenvalue weighted by atomic mass is 32.2. The van der Waals surface area contributed by atoms with Crippen LogP contribution in [0.4, 0.5) is 0 Å². The van der Waals surface area contributed by atoms with Gasteiger partial charge in [-0.25, -0.2) is 0 Å². The highest BCUT2D eigenvalue weighted by Gasteiger charge is 2.31. The minimum Gasteiger partial charge on any atom is -0.392 e. The van der Waals surface area contributed by atoms with Crippen molar-refractivity contribution in [1.82, 2.24) is 9.80 Å². The van der Waals surface area contributed by atoms with E-state index >= 15 is 0 Å². The van der Waals surface area contributed by atoms with Gasteiger partial charge in [0.05, 0.1) is 11.0 Å². The first-order valence-corrected chi connectivity index (χ1v) is 9.09. The molecule has 0 bridgehead atoms. The standard InChI is InChI=1S/C14H25N3OS2/c1-2-3-12(13(15)19)16-5-7-17(8-6-16)14(18)11-4-9-20-10-11/h11-12H,2-10H2,1H3,(H2,15,19). The lowest BCUT2D eigenvalue weighted by Crippen LogP contribution is -2.55. The first-order chi connectivity index (χ1) is 9.63. The molecule has 114 valence electrons. The normalized spacial score (nSPS) is 25.6. The Morgan fingerprint density at radius 1 is 1.40 bits per heavy atom. The fourth-order valence-electron chi connectivity index (χ4n) is 3.02. The molecule has 2 N–H and O–H groups in total. The maximum absolute atomic E-state index is 12.4. The number of nitrogens with two attached hydrogens (primary N) is 1. The number of piperazine rings is 1. The summed E-state index contributed by atoms with van der Waals surface area (Å²) in [6.45, 7) is 5.59. The molecule has 0 spiro atoms. The van der Waals surface area contributed by atoms with Crippen molar-refractivity contribution in [2.45, 2.75) is 32.2 Å². The third-order valence-corrected chi connectivity index (χ3v) is 5.67. The predicted molar refractivity (Wildman–Crippen MR) is 89.1 cm³/mol. The van der Waals surface area contributed by atoms with Gasteiger partial charge in [0.25, 0.3) is 0 Å². The van der Waals surface area contributed by atoms with Crippen LogP contribution in [0.3, 0.4) is 0 Å². The zero-order chi connectivity index (χ0) is 14.5. The van der Waals surface area contributed by atoms with Gasteiger partial charge in [0.15, 0.2) is 0 Å². The summed E-state index contributed by atoms with van der Waals surface area (Å²) in [4.78, 5) is 17.4. The van der Waals surface area contributed by atoms with Crippen LogP contribution in [-0.2, 0) is 4.79 Å². The molecule has 0 aliphatic carbocycles. The molecule has 2 aliphatic rings. The predicted octanol–water partition coefficient (Wildman–Crippen LogP) is 1.34. The molecule has 2 unspecified atom stereocenters. The maximum atomic E-state index is 12.4. The summed E-state index contributed by atoms with van der Waals surface area (Å²) in [5.74, 6) is 2.76. The summed E-state index contributed by atoms with van der Waals surface area (Å²) in [5, 5.41) is 0. The van der Waals surface area contributed by atoms with E-state index in [9.17, 15) is 4.79 Å². The van der Waals surface area contributed by atoms with E-state index in [1.54, 1.807) is 0 Å². The van der Waals surface area contributed by atoms with Crippen molar-refractivity contribution in [2.24, 2.45) is 11.7 Å². The monoisotopic (exact) mass is 315 g/mol. The number of thioether (sulfide) groups is 1. The topological polar surface area (TPSA) is 49.6 Å². The third-order valence-electron chi connectivity index (χ3n) is 4.24. The van der Waals surface area contributed by atoms with E-state index in [2.05, 4.69) is 11.8 Å². The Labute approximate surface area is 131 Å². The molecule has 0 aromatic heterocycles. The Balaban J connectivity index is 1.84. The van der Waals surface area contributed by atoms with Crippen molar-refractivity contribution < 1.29 is 4.79 Å². The van der Waals surface area contributed by atoms with Crippen molar-refractivity contribution in [2.75, 3.05) is 37.7 Å². The number of hydrogen-bond acceptors (Lipinski definition) is 4. The SMILES string of the molecule is CCCC(C(N)=S)N1CCN(C(=O)C2CCSC2)CC1. The van der Waals surface area contributed by atoms with E-state index in [-0.39, 0.29) is 12.0 Å². The van der Waals surface area contributed by atoms with Gasteiger partial charge in [-0.1, -0.05) is 25.6 Å². The van der Waals surface area contributed by atoms with Crippen LogP contribution in [0.25, 0.3) is 0 Å². The van der Waals surface area contributed by atoms with Gasteiger partial charge in [-0.05, 0) is 18.6 Å². The smallest absolute Gasteiger partial charge is 0.226 e. The lowest BCUT2D eigenvalue weighted by molar-refractivity contribution is -0.136. The number of carbonyl (C=O) groups excluding carboxylic acids is 1. The minimum absolute atomic E-state index is 0.203. The molecule has 6 heteroatoms. The quantitative estimate of drug-likeness (QED) is 0.776. The number of thiocarbonyl (C=S) groups is 1. The number of hydrogen-bond donors (Lipinski definition) is 1. The van der Waals surface area contributed by atoms with Crippen LogP contribution in [0.2, 0.25) is 0 Å². The van der Waals surface area contributed by atoms with E-state index in [1.165, 1.54) is 0 Å². The molecule has 2 rings (SSSR count). The van der Waals surface area contributed by atoms with Gasteiger partial charge in [0, 0.05) is 37.8 Å². The van der Waals surface area contributed by atoms with Gasteiger partial charge in [0.2, 0.25) is 5.91 Å². The van der Waals surface area contributed by atoms with E-state index < -0.39 is 0 Å². The maximum Gasteiger partial charge on any atom is 0.226 e. The second-order valence-electron chi connectivity index (χ2n) is 5.63. The molecule has 0 aromatic rings. The summed E-state index contributed by atoms with van der Waals surface area (Å²) < 4.78 is 0. The molecule has 4 nitrogen and oxygen atoms in total. The number of amides is 1. The third kappa shape index (κ3) is 3.86. The first-order valence-electron chi connectivity index (χ1n) is 7.53. The van der Waals surface area contributed by atoms with E-state index in [0.29, 0.717) is 10.9 Å². The van der Waals surface area contributed by atoms with Crippen molar-refractivity contribution in [3.8, 4) is 0 Å². The zero-order valence-electron chi connectivity index (χ0n) is 12.2. The number of nitrogens with zero attached hydrogens (tertiary/aromatic N) is 2. The highest BCUT2D eigenvalue weighted by molar-refractivity contribution is 7.99. The fraction of sp³-hybridized carbons (Fsp3) is 0.857. The molecule has 0 saturated carbocycles. The highest BCUT2D eigenvalue weighted by Crippen LogP contribution is 2.25. The van der Waals surface area contributed by atoms with Crippen molar-refractivity contribution in [1.29, 1.82) is 0 Å². The Morgan fingerprint density at radius 2 is 2.10 bits per heavy atom. The molecule has 1 amide bonds. The fourth-order valence-corrected chi connectivity index (χ4v) is 4.50. The Morgan fingerprint density at radius 3 is 2.60 bits per heavy atom. The van der Waals surface area contributed by atoms with Crippen LogP contribution in [-0.4, -0.2) is 64.4 Å². The summed E-state index contributed by atoms with van der Waals surface area (Å²) in [7, 11) is 0. The van der Waals surface area contributed by atoms with Crippen LogP contribution >= 0.6 is 24.0 Å². The summed E-state index contributed by atoms with van der Waals surface area (Å²) in [6, 6.07) is 0.203. The lowest BCUT2D eigenvalue weighted by atomic mass is 10.1. The minimum atomic E-state index is 0.203. The van der Waals surface area contributed by atoms with Gasteiger partial charge >= 0.3 is 0 Å². The van der Waals surface area contributed by atoms with Crippen molar-refractivity contribution in [3.05, 3.63) is 0 Å². The first kappa shape index (κ1) is 16.0. The van der Waals surface area contributed by atoms with Gasteiger partial charge < -0.3 is 10.6 Å². The Bertz CT molecular complexity index is 350. The Hall–Kier alpha value is -0.330. The molecule has 2 atom stereocenters. The van der Waals surface area contributed by atoms with E-state index in [4.69, 9.17) is 18.0 Å². The largest absolute Gasteiger partial charge is 0.392 e. The molecule has 2 aliphatic heterocycles. The molecular weight excluding hydrogens is 290 g/mol. The Kier molecular flexibility index (Phi) is 6.11. The molecule has 20 heavy (non-hydrogen) atoms. The molecule has 0 radical (unpaired) electrons. The van der Waals surface area contributed by atoms with Crippen LogP contribution in [0.5, 0.6) is 0 Å². The zero-order valence-corrected chi connectivity index (χ0v) is 13.8. The summed E-state index contributed by atoms with van der Waals surface area (Å²) in [6.07, 6.45) is 3.15. The van der Waals surface area contributed by atoms with Crippen LogP contribution in [0.1, 0.15) is 26.2 Å². The van der Waals surface area contributed by atoms with E-state index in [0.717, 1.165) is 56.9 Å². The van der Waals surface area contributed by atoms with Gasteiger partial charge in [-0.2, -0.15) is 11.8 Å². The summed E-state index contributed by atoms with van der Waals surface area (Å²) in [5.41, 5.74) is 5.85. The second kappa shape index (κ2) is 7.61. The molecule has 2 heterocycles. The molecule has 2 saturated heterocycles. The van der Waals surface area contributed by atoms with Gasteiger partial charge in [-0.15, -0.1) is 0 Å². The average molecular weight is 316 g/mol. The van der Waals surface area contributed by atoms with E-state index in [1.807, 2.05) is 16.7 Å². The summed E-state index contributed by atoms with van der Waals surface area (Å²) >= 11 is 7.08. The average Bonchev–Trinajstić information content (AvgIpc) is 2.98. The van der Waals surface area contributed by atoms with Gasteiger partial charge in [-0.3, -0.25) is 9.69 Å². The van der Waals surface area contributed by atoms with Crippen LogP contribution in [0, 0.1) is 5.92 Å².